The summed E-state index contributed by atoms with van der Waals surface area (Å²) in [6, 6.07) is -1.90. The Morgan fingerprint density at radius 3 is 2.68 bits per heavy atom. The highest BCUT2D eigenvalue weighted by molar-refractivity contribution is 6.04. The van der Waals surface area contributed by atoms with Crippen molar-refractivity contribution >= 4 is 5.84 Å². The van der Waals surface area contributed by atoms with Gasteiger partial charge in [0, 0.05) is 49.3 Å². The highest BCUT2D eigenvalue weighted by Gasteiger charge is 2.42. The first-order chi connectivity index (χ1) is 16.0. The molecule has 1 saturated carbocycles. The first kappa shape index (κ1) is 25.9. The van der Waals surface area contributed by atoms with Gasteiger partial charge in [-0.1, -0.05) is 31.6 Å². The number of halogens is 3. The fraction of sp³-hybridized carbons (Fsp3) is 0.500. The molecular weight excluding hydrogens is 439 g/mol. The second-order valence-corrected chi connectivity index (χ2v) is 9.57. The van der Waals surface area contributed by atoms with E-state index in [4.69, 9.17) is 10.7 Å². The molecule has 2 heterocycles. The maximum Gasteiger partial charge on any atom is 0.264 e. The van der Waals surface area contributed by atoms with E-state index in [0.717, 1.165) is 26.1 Å². The van der Waals surface area contributed by atoms with Crippen LogP contribution in [0.3, 0.4) is 0 Å². The normalized spacial score (nSPS) is 22.3. The van der Waals surface area contributed by atoms with E-state index in [2.05, 4.69) is 24.1 Å². The van der Waals surface area contributed by atoms with Crippen LogP contribution in [-0.4, -0.2) is 35.3 Å². The van der Waals surface area contributed by atoms with Crippen LogP contribution in [0.25, 0.3) is 0 Å². The Bertz CT molecular complexity index is 971. The van der Waals surface area contributed by atoms with Gasteiger partial charge in [0.15, 0.2) is 0 Å². The number of nitrogens with zero attached hydrogens (tertiary/aromatic N) is 2. The van der Waals surface area contributed by atoms with Crippen molar-refractivity contribution in [2.45, 2.75) is 71.4 Å². The van der Waals surface area contributed by atoms with E-state index in [0.29, 0.717) is 28.5 Å². The summed E-state index contributed by atoms with van der Waals surface area (Å²) < 4.78 is 43.4. The lowest BCUT2D eigenvalue weighted by Gasteiger charge is -2.42. The molecule has 0 saturated heterocycles. The number of amidine groups is 1. The zero-order valence-electron chi connectivity index (χ0n) is 20.5. The lowest BCUT2D eigenvalue weighted by atomic mass is 9.67. The van der Waals surface area contributed by atoms with Crippen LogP contribution in [0.5, 0.6) is 0 Å². The number of allylic oxidation sites excluding steroid dienone is 5. The number of nitrogens with one attached hydrogen (secondary N) is 2. The molecule has 1 fully saturated rings. The molecule has 186 valence electrons. The van der Waals surface area contributed by atoms with Gasteiger partial charge in [-0.25, -0.2) is 18.2 Å². The van der Waals surface area contributed by atoms with Crippen LogP contribution in [0.2, 0.25) is 0 Å². The van der Waals surface area contributed by atoms with Crippen molar-refractivity contribution in [2.75, 3.05) is 6.54 Å². The second-order valence-electron chi connectivity index (χ2n) is 9.57. The Balaban J connectivity index is 1.87. The molecule has 3 aliphatic rings. The van der Waals surface area contributed by atoms with Gasteiger partial charge in [0.1, 0.15) is 23.5 Å². The van der Waals surface area contributed by atoms with E-state index >= 15 is 0 Å². The van der Waals surface area contributed by atoms with Crippen molar-refractivity contribution in [2.24, 2.45) is 16.1 Å². The third-order valence-corrected chi connectivity index (χ3v) is 7.09. The first-order valence-electron chi connectivity index (χ1n) is 11.8. The number of hydrogen-bond acceptors (Lipinski definition) is 5. The molecule has 3 rings (SSSR count). The van der Waals surface area contributed by atoms with E-state index in [9.17, 15) is 13.2 Å². The number of hydrogen-bond donors (Lipinski definition) is 3. The number of nitrogens with two attached hydrogens (primary N) is 1. The van der Waals surface area contributed by atoms with Gasteiger partial charge >= 0.3 is 0 Å². The van der Waals surface area contributed by atoms with Gasteiger partial charge in [0.05, 0.1) is 0 Å². The van der Waals surface area contributed by atoms with E-state index in [-0.39, 0.29) is 5.41 Å². The number of alkyl halides is 2. The minimum Gasteiger partial charge on any atom is -0.402 e. The van der Waals surface area contributed by atoms with Crippen molar-refractivity contribution < 1.29 is 13.2 Å². The van der Waals surface area contributed by atoms with E-state index < -0.39 is 23.8 Å². The molecule has 2 aliphatic heterocycles. The molecule has 0 aromatic carbocycles. The molecule has 0 aromatic rings. The predicted molar refractivity (Wildman–Crippen MR) is 132 cm³/mol. The van der Waals surface area contributed by atoms with Gasteiger partial charge in [-0.3, -0.25) is 5.32 Å². The Kier molecular flexibility index (Phi) is 7.81. The molecule has 34 heavy (non-hydrogen) atoms. The van der Waals surface area contributed by atoms with Gasteiger partial charge in [-0.05, 0) is 50.7 Å². The summed E-state index contributed by atoms with van der Waals surface area (Å²) in [5.41, 5.74) is 7.00. The van der Waals surface area contributed by atoms with Crippen LogP contribution in [0, 0.1) is 5.41 Å². The average molecular weight is 476 g/mol. The minimum absolute atomic E-state index is 0.276. The SMILES string of the molecule is C=C1C=C(NCC2(CC)CCC2)N=C2C(C(NC(C)/C(C)=C\C(F)=C/N)C(C)(F)F)=CC=CN12. The minimum atomic E-state index is -3.11. The van der Waals surface area contributed by atoms with Gasteiger partial charge in [-0.2, -0.15) is 0 Å². The van der Waals surface area contributed by atoms with Gasteiger partial charge in [0.2, 0.25) is 0 Å². The van der Waals surface area contributed by atoms with E-state index in [1.807, 2.05) is 6.08 Å². The number of rotatable bonds is 10. The highest BCUT2D eigenvalue weighted by atomic mass is 19.3. The molecule has 0 amide bonds. The molecule has 0 bridgehead atoms. The Morgan fingerprint density at radius 2 is 2.12 bits per heavy atom. The Hall–Kier alpha value is -2.74. The van der Waals surface area contributed by atoms with Crippen molar-refractivity contribution in [1.82, 2.24) is 15.5 Å². The monoisotopic (exact) mass is 475 g/mol. The molecule has 8 heteroatoms. The zero-order valence-corrected chi connectivity index (χ0v) is 20.5. The summed E-state index contributed by atoms with van der Waals surface area (Å²) in [5.74, 6) is -2.72. The summed E-state index contributed by atoms with van der Waals surface area (Å²) in [6.45, 7) is 11.3. The fourth-order valence-corrected chi connectivity index (χ4v) is 4.45. The first-order valence-corrected chi connectivity index (χ1v) is 11.8. The van der Waals surface area contributed by atoms with Crippen molar-refractivity contribution in [3.8, 4) is 0 Å². The van der Waals surface area contributed by atoms with Crippen LogP contribution in [0.1, 0.15) is 53.4 Å². The average Bonchev–Trinajstić information content (AvgIpc) is 2.75. The molecule has 2 atom stereocenters. The maximum absolute atomic E-state index is 14.9. The maximum atomic E-state index is 14.9. The second kappa shape index (κ2) is 10.3. The van der Waals surface area contributed by atoms with E-state index in [1.54, 1.807) is 37.1 Å². The Morgan fingerprint density at radius 1 is 1.41 bits per heavy atom. The molecule has 0 radical (unpaired) electrons. The highest BCUT2D eigenvalue weighted by Crippen LogP contribution is 2.43. The number of fused-ring (bicyclic) bond motifs is 1. The third kappa shape index (κ3) is 5.66. The molecule has 0 aromatic heterocycles. The van der Waals surface area contributed by atoms with Gasteiger partial charge in [-0.15, -0.1) is 0 Å². The quantitative estimate of drug-likeness (QED) is 0.370. The van der Waals surface area contributed by atoms with E-state index in [1.165, 1.54) is 25.3 Å². The van der Waals surface area contributed by atoms with Crippen LogP contribution in [-0.2, 0) is 0 Å². The summed E-state index contributed by atoms with van der Waals surface area (Å²) in [4.78, 5) is 6.43. The summed E-state index contributed by atoms with van der Waals surface area (Å²) in [5, 5.41) is 6.39. The predicted octanol–water partition coefficient (Wildman–Crippen LogP) is 5.40. The zero-order chi connectivity index (χ0) is 25.1. The molecule has 5 nitrogen and oxygen atoms in total. The van der Waals surface area contributed by atoms with Crippen molar-refractivity contribution in [3.63, 3.8) is 0 Å². The smallest absolute Gasteiger partial charge is 0.264 e. The largest absolute Gasteiger partial charge is 0.402 e. The molecule has 2 unspecified atom stereocenters. The van der Waals surface area contributed by atoms with Crippen LogP contribution >= 0.6 is 0 Å². The summed E-state index contributed by atoms with van der Waals surface area (Å²) in [6.07, 6.45) is 13.7. The lowest BCUT2D eigenvalue weighted by Crippen LogP contribution is -2.52. The van der Waals surface area contributed by atoms with Crippen molar-refractivity contribution in [1.29, 1.82) is 0 Å². The molecule has 4 N–H and O–H groups in total. The van der Waals surface area contributed by atoms with Crippen molar-refractivity contribution in [3.05, 3.63) is 71.8 Å². The summed E-state index contributed by atoms with van der Waals surface area (Å²) in [7, 11) is 0. The topological polar surface area (TPSA) is 65.7 Å². The van der Waals surface area contributed by atoms with Gasteiger partial charge < -0.3 is 16.0 Å². The van der Waals surface area contributed by atoms with Gasteiger partial charge in [0.25, 0.3) is 5.92 Å². The van der Waals surface area contributed by atoms with Crippen LogP contribution in [0.15, 0.2) is 76.8 Å². The summed E-state index contributed by atoms with van der Waals surface area (Å²) >= 11 is 0. The third-order valence-electron chi connectivity index (χ3n) is 7.09. The molecular formula is C26H36F3N5. The molecule has 0 spiro atoms. The van der Waals surface area contributed by atoms with Crippen LogP contribution < -0.4 is 16.4 Å². The fourth-order valence-electron chi connectivity index (χ4n) is 4.45. The van der Waals surface area contributed by atoms with Crippen LogP contribution in [0.4, 0.5) is 13.2 Å². The lowest BCUT2D eigenvalue weighted by molar-refractivity contribution is -0.00654. The molecule has 1 aliphatic carbocycles. The Labute approximate surface area is 200 Å². The standard InChI is InChI=1S/C26H36F3N5/c1-6-26(10-8-11-26)16-31-22-14-18(3)34-12-7-9-21(24(34)33-22)23(25(5,28)29)32-19(4)17(2)13-20(27)15-30/h7,9,12-15,19,23,31-32H,3,6,8,10-11,16,30H2,1-2,4-5H3/b17-13-,20-15+. The number of aliphatic imine (C=N–C) groups is 1.